The number of halogens is 1. The maximum atomic E-state index is 5.70. The molecule has 15 heavy (non-hydrogen) atoms. The van der Waals surface area contributed by atoms with E-state index in [-0.39, 0.29) is 0 Å². The Morgan fingerprint density at radius 1 is 1.33 bits per heavy atom. The quantitative estimate of drug-likeness (QED) is 0.688. The molecular formula is C10H6BrN3S. The molecule has 2 N–H and O–H groups in total. The van der Waals surface area contributed by atoms with Crippen LogP contribution in [0.3, 0.4) is 0 Å². The zero-order valence-corrected chi connectivity index (χ0v) is 9.97. The van der Waals surface area contributed by atoms with Gasteiger partial charge < -0.3 is 5.73 Å². The third kappa shape index (κ3) is 1.31. The van der Waals surface area contributed by atoms with Crippen LogP contribution in [0.1, 0.15) is 0 Å². The van der Waals surface area contributed by atoms with Crippen molar-refractivity contribution < 1.29 is 0 Å². The number of anilines is 1. The first-order chi connectivity index (χ1) is 7.25. The number of fused-ring (bicyclic) bond motifs is 3. The van der Waals surface area contributed by atoms with Crippen LogP contribution in [0.5, 0.6) is 0 Å². The number of thiazole rings is 1. The fourth-order valence-corrected chi connectivity index (χ4v) is 3.10. The summed E-state index contributed by atoms with van der Waals surface area (Å²) in [5, 5.41) is 1.63. The van der Waals surface area contributed by atoms with Gasteiger partial charge in [-0.15, -0.1) is 0 Å². The van der Waals surface area contributed by atoms with Crippen molar-refractivity contribution in [2.24, 2.45) is 0 Å². The zero-order chi connectivity index (χ0) is 10.4. The number of rotatable bonds is 0. The Bertz CT molecular complexity index is 662. The van der Waals surface area contributed by atoms with Crippen molar-refractivity contribution in [3.05, 3.63) is 28.9 Å². The summed E-state index contributed by atoms with van der Waals surface area (Å²) in [5.74, 6) is 0. The largest absolute Gasteiger partial charge is 0.375 e. The van der Waals surface area contributed by atoms with Crippen molar-refractivity contribution in [2.45, 2.75) is 0 Å². The number of pyridine rings is 1. The smallest absolute Gasteiger partial charge is 0.181 e. The molecule has 0 unspecified atom stereocenters. The molecule has 1 aromatic carbocycles. The van der Waals surface area contributed by atoms with Crippen LogP contribution in [0.2, 0.25) is 0 Å². The summed E-state index contributed by atoms with van der Waals surface area (Å²) < 4.78 is 2.06. The standard InChI is InChI=1S/C10H6BrN3S/c11-6-4-7-9(14-10(12)15-7)5-2-1-3-13-8(5)6/h1-4H,(H2,12,14). The van der Waals surface area contributed by atoms with Gasteiger partial charge in [0, 0.05) is 16.1 Å². The number of benzene rings is 1. The molecule has 3 aromatic rings. The third-order valence-electron chi connectivity index (χ3n) is 2.22. The number of nitrogen functional groups attached to an aromatic ring is 1. The van der Waals surface area contributed by atoms with Crippen molar-refractivity contribution in [1.82, 2.24) is 9.97 Å². The van der Waals surface area contributed by atoms with Crippen LogP contribution in [0, 0.1) is 0 Å². The van der Waals surface area contributed by atoms with Gasteiger partial charge in [-0.1, -0.05) is 11.3 Å². The summed E-state index contributed by atoms with van der Waals surface area (Å²) in [4.78, 5) is 8.63. The van der Waals surface area contributed by atoms with E-state index in [0.29, 0.717) is 5.13 Å². The number of aromatic nitrogens is 2. The molecule has 0 atom stereocenters. The van der Waals surface area contributed by atoms with E-state index in [0.717, 1.165) is 25.6 Å². The van der Waals surface area contributed by atoms with Crippen molar-refractivity contribution >= 4 is 53.5 Å². The molecule has 0 amide bonds. The molecule has 2 aromatic heterocycles. The Morgan fingerprint density at radius 2 is 2.20 bits per heavy atom. The summed E-state index contributed by atoms with van der Waals surface area (Å²) in [6.07, 6.45) is 1.77. The first kappa shape index (κ1) is 9.06. The second kappa shape index (κ2) is 3.15. The van der Waals surface area contributed by atoms with Gasteiger partial charge in [-0.2, -0.15) is 0 Å². The van der Waals surface area contributed by atoms with E-state index >= 15 is 0 Å². The van der Waals surface area contributed by atoms with Gasteiger partial charge in [0.1, 0.15) is 0 Å². The minimum Gasteiger partial charge on any atom is -0.375 e. The second-order valence-electron chi connectivity index (χ2n) is 3.16. The van der Waals surface area contributed by atoms with Gasteiger partial charge in [0.15, 0.2) is 5.13 Å². The maximum absolute atomic E-state index is 5.70. The topological polar surface area (TPSA) is 51.8 Å². The normalized spacial score (nSPS) is 11.3. The minimum absolute atomic E-state index is 0.591. The molecule has 3 rings (SSSR count). The molecule has 3 nitrogen and oxygen atoms in total. The summed E-state index contributed by atoms with van der Waals surface area (Å²) >= 11 is 4.99. The van der Waals surface area contributed by atoms with E-state index in [9.17, 15) is 0 Å². The number of hydrogen-bond acceptors (Lipinski definition) is 4. The van der Waals surface area contributed by atoms with E-state index in [1.165, 1.54) is 11.3 Å². The minimum atomic E-state index is 0.591. The van der Waals surface area contributed by atoms with E-state index < -0.39 is 0 Å². The van der Waals surface area contributed by atoms with Gasteiger partial charge in [0.25, 0.3) is 0 Å². The predicted octanol–water partition coefficient (Wildman–Crippen LogP) is 3.19. The lowest BCUT2D eigenvalue weighted by Crippen LogP contribution is -1.82. The highest BCUT2D eigenvalue weighted by atomic mass is 79.9. The van der Waals surface area contributed by atoms with Crippen molar-refractivity contribution in [3.63, 3.8) is 0 Å². The Balaban J connectivity index is 2.62. The van der Waals surface area contributed by atoms with Crippen LogP contribution in [-0.4, -0.2) is 9.97 Å². The van der Waals surface area contributed by atoms with Crippen LogP contribution in [0.25, 0.3) is 21.1 Å². The lowest BCUT2D eigenvalue weighted by atomic mass is 10.2. The highest BCUT2D eigenvalue weighted by Crippen LogP contribution is 2.34. The van der Waals surface area contributed by atoms with E-state index in [4.69, 9.17) is 5.73 Å². The molecule has 0 radical (unpaired) electrons. The Morgan fingerprint density at radius 3 is 3.07 bits per heavy atom. The fraction of sp³-hybridized carbons (Fsp3) is 0. The molecular weight excluding hydrogens is 274 g/mol. The Hall–Kier alpha value is -1.20. The van der Waals surface area contributed by atoms with Gasteiger partial charge in [0.2, 0.25) is 0 Å². The molecule has 74 valence electrons. The van der Waals surface area contributed by atoms with Gasteiger partial charge >= 0.3 is 0 Å². The van der Waals surface area contributed by atoms with Gasteiger partial charge in [-0.25, -0.2) is 4.98 Å². The molecule has 0 aliphatic heterocycles. The lowest BCUT2D eigenvalue weighted by Gasteiger charge is -1.99. The number of nitrogens with two attached hydrogens (primary N) is 1. The maximum Gasteiger partial charge on any atom is 0.181 e. The molecule has 0 bridgehead atoms. The third-order valence-corrected chi connectivity index (χ3v) is 3.65. The fourth-order valence-electron chi connectivity index (χ4n) is 1.61. The highest BCUT2D eigenvalue weighted by molar-refractivity contribution is 9.10. The van der Waals surface area contributed by atoms with E-state index in [1.807, 2.05) is 18.2 Å². The Labute approximate surface area is 98.1 Å². The molecule has 0 aliphatic rings. The summed E-state index contributed by atoms with van der Waals surface area (Å²) in [5.41, 5.74) is 7.56. The summed E-state index contributed by atoms with van der Waals surface area (Å²) in [7, 11) is 0. The van der Waals surface area contributed by atoms with Gasteiger partial charge in [-0.05, 0) is 34.1 Å². The Kier molecular flexibility index (Phi) is 1.90. The molecule has 0 fully saturated rings. The van der Waals surface area contributed by atoms with Crippen LogP contribution >= 0.6 is 27.3 Å². The highest BCUT2D eigenvalue weighted by Gasteiger charge is 2.09. The molecule has 5 heteroatoms. The first-order valence-electron chi connectivity index (χ1n) is 4.35. The van der Waals surface area contributed by atoms with E-state index in [2.05, 4.69) is 25.9 Å². The summed E-state index contributed by atoms with van der Waals surface area (Å²) in [6, 6.07) is 5.93. The van der Waals surface area contributed by atoms with Crippen molar-refractivity contribution in [2.75, 3.05) is 5.73 Å². The number of nitrogens with zero attached hydrogens (tertiary/aromatic N) is 2. The molecule has 2 heterocycles. The first-order valence-corrected chi connectivity index (χ1v) is 5.96. The average molecular weight is 280 g/mol. The molecule has 0 spiro atoms. The summed E-state index contributed by atoms with van der Waals surface area (Å²) in [6.45, 7) is 0. The van der Waals surface area contributed by atoms with Crippen molar-refractivity contribution in [1.29, 1.82) is 0 Å². The SMILES string of the molecule is Nc1nc2c(cc(Br)c3ncccc32)s1. The zero-order valence-electron chi connectivity index (χ0n) is 7.57. The molecule has 0 saturated heterocycles. The average Bonchev–Trinajstić information content (AvgIpc) is 2.59. The van der Waals surface area contributed by atoms with Crippen LogP contribution < -0.4 is 5.73 Å². The van der Waals surface area contributed by atoms with Crippen LogP contribution in [-0.2, 0) is 0 Å². The lowest BCUT2D eigenvalue weighted by molar-refractivity contribution is 1.40. The van der Waals surface area contributed by atoms with Crippen LogP contribution in [0.15, 0.2) is 28.9 Å². The monoisotopic (exact) mass is 279 g/mol. The van der Waals surface area contributed by atoms with Gasteiger partial charge in [-0.3, -0.25) is 4.98 Å². The number of hydrogen-bond donors (Lipinski definition) is 1. The van der Waals surface area contributed by atoms with Gasteiger partial charge in [0.05, 0.1) is 15.7 Å². The second-order valence-corrected chi connectivity index (χ2v) is 5.07. The predicted molar refractivity (Wildman–Crippen MR) is 67.0 cm³/mol. The molecule has 0 saturated carbocycles. The molecule has 0 aliphatic carbocycles. The van der Waals surface area contributed by atoms with Crippen molar-refractivity contribution in [3.8, 4) is 0 Å². The van der Waals surface area contributed by atoms with Crippen LogP contribution in [0.4, 0.5) is 5.13 Å². The van der Waals surface area contributed by atoms with E-state index in [1.54, 1.807) is 6.20 Å².